The minimum absolute atomic E-state index is 0.0879. The van der Waals surface area contributed by atoms with E-state index in [1.165, 1.54) is 29.6 Å². The molecule has 1 unspecified atom stereocenters. The van der Waals surface area contributed by atoms with Gasteiger partial charge in [0.15, 0.2) is 5.82 Å². The van der Waals surface area contributed by atoms with E-state index in [0.29, 0.717) is 16.7 Å². The Morgan fingerprint density at radius 3 is 2.25 bits per heavy atom. The molecule has 7 aromatic rings. The number of fused-ring (bicyclic) bond motifs is 1. The Labute approximate surface area is 378 Å². The summed E-state index contributed by atoms with van der Waals surface area (Å²) in [6, 6.07) is 46.0. The van der Waals surface area contributed by atoms with Gasteiger partial charge < -0.3 is 19.9 Å². The molecule has 8 rings (SSSR count). The van der Waals surface area contributed by atoms with Crippen LogP contribution in [0.5, 0.6) is 11.5 Å². The van der Waals surface area contributed by atoms with Gasteiger partial charge in [-0.3, -0.25) is 19.7 Å². The molecule has 1 saturated heterocycles. The number of para-hydroxylation sites is 1. The molecule has 6 aromatic carbocycles. The lowest BCUT2D eigenvalue weighted by molar-refractivity contribution is -0.384. The van der Waals surface area contributed by atoms with Crippen LogP contribution in [0, 0.1) is 10.1 Å². The summed E-state index contributed by atoms with van der Waals surface area (Å²) in [7, 11) is -0.320. The summed E-state index contributed by atoms with van der Waals surface area (Å²) in [6.07, 6.45) is 2.04. The molecule has 0 aliphatic carbocycles. The smallest absolute Gasteiger partial charge is 0.293 e. The number of thioether (sulfide) groups is 1. The fourth-order valence-electron chi connectivity index (χ4n) is 7.68. The monoisotopic (exact) mass is 894 g/mol. The molecular formula is C49H50N8O5S2. The molecule has 1 fully saturated rings. The third-order valence-electron chi connectivity index (χ3n) is 11.1. The minimum atomic E-state index is -4.28. The second kappa shape index (κ2) is 20.3. The van der Waals surface area contributed by atoms with Crippen LogP contribution in [0.25, 0.3) is 22.0 Å². The van der Waals surface area contributed by atoms with E-state index < -0.39 is 14.9 Å². The molecule has 15 heteroatoms. The maximum Gasteiger partial charge on any atom is 0.293 e. The molecule has 0 spiro atoms. The topological polar surface area (TPSA) is 146 Å². The van der Waals surface area contributed by atoms with Gasteiger partial charge in [-0.1, -0.05) is 72.8 Å². The molecule has 0 bridgehead atoms. The Bertz CT molecular complexity index is 2790. The number of nitrogens with one attached hydrogen (secondary N) is 2. The second-order valence-corrected chi connectivity index (χ2v) is 18.7. The van der Waals surface area contributed by atoms with Gasteiger partial charge in [-0.05, 0) is 110 Å². The quantitative estimate of drug-likeness (QED) is 0.0481. The third kappa shape index (κ3) is 11.2. The number of aromatic nitrogens is 2. The Morgan fingerprint density at radius 2 is 1.52 bits per heavy atom. The molecule has 0 saturated carbocycles. The normalized spacial score (nSPS) is 13.8. The number of rotatable bonds is 18. The average molecular weight is 895 g/mol. The minimum Gasteiger partial charge on any atom is -0.457 e. The van der Waals surface area contributed by atoms with Crippen LogP contribution >= 0.6 is 11.8 Å². The van der Waals surface area contributed by atoms with E-state index in [0.717, 1.165) is 79.4 Å². The highest BCUT2D eigenvalue weighted by Crippen LogP contribution is 2.33. The largest absolute Gasteiger partial charge is 0.457 e. The molecule has 13 nitrogen and oxygen atoms in total. The van der Waals surface area contributed by atoms with Crippen molar-refractivity contribution in [3.63, 3.8) is 0 Å². The Morgan fingerprint density at radius 1 is 0.812 bits per heavy atom. The highest BCUT2D eigenvalue weighted by Gasteiger charge is 2.25. The standard InChI is InChI=1S/C49H50N8O5S2/c1-54(2)26-25-38(34-63-42-14-7-4-8-15-42)52-46-24-22-43(32-48(46)57(58)59)64(60,61)53-49-45-23-19-39(31-47(45)50-35-51-49)56-29-27-55(28-30-56)33-37-11-9-10-16-44(37)36-17-20-41(21-18-36)62-40-12-5-3-6-13-40/h3-24,31-32,35,38,52H,25-30,33-34H2,1-2H3,(H,50,51,53). The van der Waals surface area contributed by atoms with Crippen LogP contribution in [0.3, 0.4) is 0 Å². The number of benzene rings is 6. The van der Waals surface area contributed by atoms with Crippen molar-refractivity contribution in [1.29, 1.82) is 0 Å². The number of nitro benzene ring substituents is 1. The van der Waals surface area contributed by atoms with Gasteiger partial charge in [0.25, 0.3) is 15.7 Å². The van der Waals surface area contributed by atoms with E-state index in [1.807, 2.05) is 105 Å². The lowest BCUT2D eigenvalue weighted by Gasteiger charge is -2.36. The van der Waals surface area contributed by atoms with Crippen LogP contribution in [-0.4, -0.2) is 91.7 Å². The molecular weight excluding hydrogens is 845 g/mol. The molecule has 64 heavy (non-hydrogen) atoms. The van der Waals surface area contributed by atoms with Gasteiger partial charge in [-0.2, -0.15) is 0 Å². The Hall–Kier alpha value is -6.52. The van der Waals surface area contributed by atoms with Crippen molar-refractivity contribution in [2.24, 2.45) is 0 Å². The summed E-state index contributed by atoms with van der Waals surface area (Å²) in [4.78, 5) is 28.2. The van der Waals surface area contributed by atoms with Gasteiger partial charge in [-0.15, -0.1) is 11.8 Å². The molecule has 0 amide bonds. The predicted octanol–water partition coefficient (Wildman–Crippen LogP) is 9.64. The number of ether oxygens (including phenoxy) is 1. The lowest BCUT2D eigenvalue weighted by atomic mass is 9.99. The van der Waals surface area contributed by atoms with Crippen molar-refractivity contribution in [2.75, 3.05) is 67.5 Å². The first-order chi connectivity index (χ1) is 31.1. The van der Waals surface area contributed by atoms with Gasteiger partial charge in [0.05, 0.1) is 15.3 Å². The van der Waals surface area contributed by atoms with Crippen LogP contribution in [-0.2, 0) is 16.6 Å². The number of piperazine rings is 1. The molecule has 1 aliphatic heterocycles. The summed E-state index contributed by atoms with van der Waals surface area (Å²) in [6.45, 7) is 4.89. The van der Waals surface area contributed by atoms with Gasteiger partial charge >= 0.3 is 0 Å². The highest BCUT2D eigenvalue weighted by molar-refractivity contribution is 7.99. The third-order valence-corrected chi connectivity index (χ3v) is 13.6. The molecule has 1 aliphatic rings. The van der Waals surface area contributed by atoms with Gasteiger partial charge in [0.2, 0.25) is 0 Å². The van der Waals surface area contributed by atoms with Gasteiger partial charge in [0, 0.05) is 66.6 Å². The predicted molar refractivity (Wildman–Crippen MR) is 257 cm³/mol. The molecule has 1 atom stereocenters. The maximum atomic E-state index is 13.8. The summed E-state index contributed by atoms with van der Waals surface area (Å²) < 4.78 is 36.2. The summed E-state index contributed by atoms with van der Waals surface area (Å²) >= 11 is 1.66. The number of sulfonamides is 1. The zero-order chi connectivity index (χ0) is 44.5. The highest BCUT2D eigenvalue weighted by atomic mass is 32.2. The zero-order valence-electron chi connectivity index (χ0n) is 35.7. The van der Waals surface area contributed by atoms with Crippen molar-refractivity contribution >= 4 is 55.6 Å². The SMILES string of the molecule is CN(C)CCC(CSc1ccccc1)Nc1ccc(S(=O)(=O)Nc2ncnc3cc(N4CCN(Cc5ccccc5-c5ccc(Oc6ccccc6)cc5)CC4)ccc23)cc1[N+](=O)[O-]. The van der Waals surface area contributed by atoms with E-state index in [2.05, 4.69) is 71.1 Å². The number of nitro groups is 1. The van der Waals surface area contributed by atoms with Crippen molar-refractivity contribution in [3.8, 4) is 22.6 Å². The van der Waals surface area contributed by atoms with Crippen molar-refractivity contribution < 1.29 is 18.1 Å². The van der Waals surface area contributed by atoms with Crippen molar-refractivity contribution in [2.45, 2.75) is 28.8 Å². The summed E-state index contributed by atoms with van der Waals surface area (Å²) in [5, 5.41) is 16.2. The zero-order valence-corrected chi connectivity index (χ0v) is 37.3. The fourth-order valence-corrected chi connectivity index (χ4v) is 9.72. The van der Waals surface area contributed by atoms with E-state index in [-0.39, 0.29) is 28.1 Å². The van der Waals surface area contributed by atoms with Crippen LogP contribution in [0.15, 0.2) is 162 Å². The maximum absolute atomic E-state index is 13.8. The van der Waals surface area contributed by atoms with Crippen LogP contribution in [0.2, 0.25) is 0 Å². The molecule has 2 N–H and O–H groups in total. The second-order valence-electron chi connectivity index (χ2n) is 15.9. The average Bonchev–Trinajstić information content (AvgIpc) is 3.31. The fraction of sp³-hybridized carbons (Fsp3) is 0.224. The first-order valence-electron chi connectivity index (χ1n) is 21.1. The van der Waals surface area contributed by atoms with E-state index in [4.69, 9.17) is 4.74 Å². The lowest BCUT2D eigenvalue weighted by Crippen LogP contribution is -2.46. The number of nitrogens with zero attached hydrogens (tertiary/aromatic N) is 6. The number of anilines is 3. The molecule has 328 valence electrons. The number of hydrogen-bond donors (Lipinski definition) is 2. The van der Waals surface area contributed by atoms with Crippen LogP contribution in [0.4, 0.5) is 22.9 Å². The van der Waals surface area contributed by atoms with Gasteiger partial charge in [-0.25, -0.2) is 18.4 Å². The summed E-state index contributed by atoms with van der Waals surface area (Å²) in [5.41, 5.74) is 5.05. The molecule has 0 radical (unpaired) electrons. The molecule has 2 heterocycles. The van der Waals surface area contributed by atoms with E-state index in [1.54, 1.807) is 11.8 Å². The van der Waals surface area contributed by atoms with E-state index in [9.17, 15) is 18.5 Å². The first kappa shape index (κ1) is 44.1. The van der Waals surface area contributed by atoms with Crippen LogP contribution in [0.1, 0.15) is 12.0 Å². The van der Waals surface area contributed by atoms with E-state index >= 15 is 0 Å². The van der Waals surface area contributed by atoms with Crippen molar-refractivity contribution in [3.05, 3.63) is 168 Å². The van der Waals surface area contributed by atoms with Gasteiger partial charge in [0.1, 0.15) is 23.5 Å². The Balaban J connectivity index is 0.910. The summed E-state index contributed by atoms with van der Waals surface area (Å²) in [5.74, 6) is 2.34. The molecule has 1 aromatic heterocycles. The first-order valence-corrected chi connectivity index (χ1v) is 23.6. The number of hydrogen-bond acceptors (Lipinski definition) is 12. The van der Waals surface area contributed by atoms with Crippen LogP contribution < -0.4 is 19.7 Å². The van der Waals surface area contributed by atoms with Crippen molar-refractivity contribution in [1.82, 2.24) is 19.8 Å². The Kier molecular flexibility index (Phi) is 14.0.